The lowest BCUT2D eigenvalue weighted by Crippen LogP contribution is -2.26. The molecule has 5 N–H and O–H groups in total. The minimum absolute atomic E-state index is 0.0840. The number of nitrogens with one attached hydrogen (secondary N) is 1. The van der Waals surface area contributed by atoms with E-state index in [1.54, 1.807) is 6.08 Å². The number of rotatable bonds is 8. The van der Waals surface area contributed by atoms with Gasteiger partial charge < -0.3 is 21.5 Å². The van der Waals surface area contributed by atoms with Crippen LogP contribution in [-0.2, 0) is 11.3 Å². The van der Waals surface area contributed by atoms with E-state index in [9.17, 15) is 4.79 Å². The highest BCUT2D eigenvalue weighted by Gasteiger charge is 2.10. The number of benzene rings is 1. The van der Waals surface area contributed by atoms with Crippen LogP contribution in [0.1, 0.15) is 22.8 Å². The number of carbonyl (C=O) groups excluding carboxylic acids is 1. The van der Waals surface area contributed by atoms with Gasteiger partial charge in [-0.2, -0.15) is 0 Å². The third-order valence-corrected chi connectivity index (χ3v) is 3.60. The van der Waals surface area contributed by atoms with E-state index >= 15 is 0 Å². The molecule has 0 saturated carbocycles. The van der Waals surface area contributed by atoms with Crippen LogP contribution in [0.2, 0.25) is 0 Å². The second-order valence-electron chi connectivity index (χ2n) is 5.63. The highest BCUT2D eigenvalue weighted by Crippen LogP contribution is 2.11. The van der Waals surface area contributed by atoms with Crippen LogP contribution in [0.5, 0.6) is 0 Å². The average molecular weight is 365 g/mol. The van der Waals surface area contributed by atoms with Gasteiger partial charge in [0.1, 0.15) is 24.0 Å². The summed E-state index contributed by atoms with van der Waals surface area (Å²) in [4.78, 5) is 20.4. The zero-order valence-electron chi connectivity index (χ0n) is 15.2. The topological polar surface area (TPSA) is 116 Å². The number of hydrogen-bond acceptors (Lipinski definition) is 6. The van der Waals surface area contributed by atoms with E-state index in [-0.39, 0.29) is 29.7 Å². The van der Waals surface area contributed by atoms with Gasteiger partial charge in [-0.1, -0.05) is 43.0 Å². The lowest BCUT2D eigenvalue weighted by molar-refractivity contribution is 0.0957. The zero-order valence-corrected chi connectivity index (χ0v) is 15.2. The molecule has 27 heavy (non-hydrogen) atoms. The molecule has 2 aromatic rings. The molecule has 2 rings (SSSR count). The first-order valence-corrected chi connectivity index (χ1v) is 8.34. The van der Waals surface area contributed by atoms with Crippen molar-refractivity contribution in [2.75, 3.05) is 18.0 Å². The molecule has 0 aliphatic rings. The predicted molar refractivity (Wildman–Crippen MR) is 108 cm³/mol. The van der Waals surface area contributed by atoms with Crippen LogP contribution in [0.15, 0.2) is 71.6 Å². The second kappa shape index (κ2) is 9.76. The number of nitrogens with two attached hydrogens (primary N) is 2. The van der Waals surface area contributed by atoms with Gasteiger partial charge in [0, 0.05) is 0 Å². The van der Waals surface area contributed by atoms with E-state index in [0.29, 0.717) is 18.1 Å². The zero-order chi connectivity index (χ0) is 19.6. The Balaban J connectivity index is 1.84. The molecular weight excluding hydrogens is 342 g/mol. The Kier molecular flexibility index (Phi) is 7.13. The fourth-order valence-electron chi connectivity index (χ4n) is 2.11. The molecule has 1 aromatic heterocycles. The number of hydrogen-bond donors (Lipinski definition) is 3. The number of amides is 1. The summed E-state index contributed by atoms with van der Waals surface area (Å²) in [6.45, 7) is 6.28. The summed E-state index contributed by atoms with van der Waals surface area (Å²) >= 11 is 0. The molecule has 1 heterocycles. The molecule has 0 spiro atoms. The molecule has 0 fully saturated rings. The van der Waals surface area contributed by atoms with Crippen LogP contribution in [-0.4, -0.2) is 23.7 Å². The van der Waals surface area contributed by atoms with Gasteiger partial charge in [-0.15, -0.1) is 0 Å². The fraction of sp³-hybridized carbons (Fsp3) is 0.150. The monoisotopic (exact) mass is 365 g/mol. The van der Waals surface area contributed by atoms with Crippen molar-refractivity contribution in [1.29, 1.82) is 0 Å². The summed E-state index contributed by atoms with van der Waals surface area (Å²) in [7, 11) is 0. The van der Waals surface area contributed by atoms with E-state index in [1.165, 1.54) is 18.3 Å². The Bertz CT molecular complexity index is 860. The van der Waals surface area contributed by atoms with Gasteiger partial charge >= 0.3 is 0 Å². The standard InChI is InChI=1S/C20H23N5O2/c1-3-16(12-24-20(26)17-9-10-18(21)25-19(17)22)23-11-14(2)27-13-15-7-5-4-6-8-15/h3-11H,2,12-13H2,1H3,(H,24,26)(H4,21,22,25)/b16-3-,23-11?. The summed E-state index contributed by atoms with van der Waals surface area (Å²) in [5.74, 6) is 0.419. The maximum absolute atomic E-state index is 12.2. The van der Waals surface area contributed by atoms with Crippen molar-refractivity contribution in [2.24, 2.45) is 4.99 Å². The summed E-state index contributed by atoms with van der Waals surface area (Å²) in [5.41, 5.74) is 13.2. The summed E-state index contributed by atoms with van der Waals surface area (Å²) in [6, 6.07) is 12.8. The number of aromatic nitrogens is 1. The second-order valence-corrected chi connectivity index (χ2v) is 5.63. The Morgan fingerprint density at radius 2 is 2.00 bits per heavy atom. The van der Waals surface area contributed by atoms with E-state index in [2.05, 4.69) is 21.9 Å². The third-order valence-electron chi connectivity index (χ3n) is 3.60. The van der Waals surface area contributed by atoms with Crippen molar-refractivity contribution in [3.05, 3.63) is 77.7 Å². The number of aliphatic imine (C=N–C) groups is 1. The predicted octanol–water partition coefficient (Wildman–Crippen LogP) is 2.68. The van der Waals surface area contributed by atoms with Crippen molar-refractivity contribution in [3.63, 3.8) is 0 Å². The van der Waals surface area contributed by atoms with Crippen molar-refractivity contribution in [2.45, 2.75) is 13.5 Å². The van der Waals surface area contributed by atoms with Gasteiger partial charge in [0.05, 0.1) is 24.0 Å². The van der Waals surface area contributed by atoms with Gasteiger partial charge in [-0.05, 0) is 24.6 Å². The summed E-state index contributed by atoms with van der Waals surface area (Å²) in [6.07, 6.45) is 3.30. The molecule has 0 unspecified atom stereocenters. The molecule has 140 valence electrons. The van der Waals surface area contributed by atoms with Crippen molar-refractivity contribution in [1.82, 2.24) is 10.3 Å². The third kappa shape index (κ3) is 6.32. The number of allylic oxidation sites excluding steroid dienone is 2. The first-order valence-electron chi connectivity index (χ1n) is 8.34. The first kappa shape index (κ1) is 19.7. The molecule has 7 nitrogen and oxygen atoms in total. The van der Waals surface area contributed by atoms with Crippen LogP contribution in [0.25, 0.3) is 0 Å². The van der Waals surface area contributed by atoms with Crippen LogP contribution in [0, 0.1) is 0 Å². The Labute approximate surface area is 158 Å². The quantitative estimate of drug-likeness (QED) is 0.491. The lowest BCUT2D eigenvalue weighted by Gasteiger charge is -2.08. The normalized spacial score (nSPS) is 11.4. The Morgan fingerprint density at radius 3 is 2.67 bits per heavy atom. The summed E-state index contributed by atoms with van der Waals surface area (Å²) < 4.78 is 5.55. The van der Waals surface area contributed by atoms with Crippen LogP contribution < -0.4 is 16.8 Å². The van der Waals surface area contributed by atoms with Crippen LogP contribution >= 0.6 is 0 Å². The van der Waals surface area contributed by atoms with Gasteiger partial charge in [0.2, 0.25) is 0 Å². The number of ether oxygens (including phenoxy) is 1. The molecule has 7 heteroatoms. The Morgan fingerprint density at radius 1 is 1.26 bits per heavy atom. The maximum Gasteiger partial charge on any atom is 0.255 e. The number of pyridine rings is 1. The smallest absolute Gasteiger partial charge is 0.255 e. The van der Waals surface area contributed by atoms with E-state index in [0.717, 1.165) is 5.56 Å². The van der Waals surface area contributed by atoms with Crippen molar-refractivity contribution >= 4 is 23.8 Å². The SMILES string of the molecule is C=C(C=N/C(=C\C)CNC(=O)c1ccc(N)nc1N)OCc1ccccc1. The number of nitrogen functional groups attached to an aromatic ring is 2. The number of nitrogens with zero attached hydrogens (tertiary/aromatic N) is 2. The van der Waals surface area contributed by atoms with Gasteiger partial charge in [-0.3, -0.25) is 9.79 Å². The summed E-state index contributed by atoms with van der Waals surface area (Å²) in [5, 5.41) is 2.74. The molecule has 1 amide bonds. The number of anilines is 2. The van der Waals surface area contributed by atoms with Crippen LogP contribution in [0.3, 0.4) is 0 Å². The molecule has 0 saturated heterocycles. The van der Waals surface area contributed by atoms with E-state index in [4.69, 9.17) is 16.2 Å². The minimum atomic E-state index is -0.353. The van der Waals surface area contributed by atoms with E-state index in [1.807, 2.05) is 37.3 Å². The molecular formula is C20H23N5O2. The number of carbonyl (C=O) groups is 1. The maximum atomic E-state index is 12.2. The van der Waals surface area contributed by atoms with Gasteiger partial charge in [0.15, 0.2) is 0 Å². The largest absolute Gasteiger partial charge is 0.488 e. The molecule has 1 aromatic carbocycles. The Hall–Kier alpha value is -3.61. The van der Waals surface area contributed by atoms with Crippen LogP contribution in [0.4, 0.5) is 11.6 Å². The van der Waals surface area contributed by atoms with Gasteiger partial charge in [-0.25, -0.2) is 4.98 Å². The van der Waals surface area contributed by atoms with Crippen molar-refractivity contribution in [3.8, 4) is 0 Å². The minimum Gasteiger partial charge on any atom is -0.488 e. The molecule has 0 bridgehead atoms. The molecule has 0 atom stereocenters. The van der Waals surface area contributed by atoms with Gasteiger partial charge in [0.25, 0.3) is 5.91 Å². The molecule has 0 aliphatic heterocycles. The fourth-order valence-corrected chi connectivity index (χ4v) is 2.11. The highest BCUT2D eigenvalue weighted by molar-refractivity contribution is 5.98. The first-order chi connectivity index (χ1) is 13.0. The highest BCUT2D eigenvalue weighted by atomic mass is 16.5. The molecule has 0 aliphatic carbocycles. The lowest BCUT2D eigenvalue weighted by atomic mass is 10.2. The molecule has 0 radical (unpaired) electrons. The van der Waals surface area contributed by atoms with Crippen molar-refractivity contribution < 1.29 is 9.53 Å². The van der Waals surface area contributed by atoms with E-state index < -0.39 is 0 Å². The average Bonchev–Trinajstić information content (AvgIpc) is 2.67.